The summed E-state index contributed by atoms with van der Waals surface area (Å²) in [5, 5.41) is 2.07. The molecule has 20 heavy (non-hydrogen) atoms. The second-order valence-electron chi connectivity index (χ2n) is 4.36. The van der Waals surface area contributed by atoms with E-state index >= 15 is 0 Å². The van der Waals surface area contributed by atoms with Crippen LogP contribution in [-0.2, 0) is 6.42 Å². The zero-order chi connectivity index (χ0) is 13.8. The molecule has 0 aliphatic carbocycles. The molecule has 0 radical (unpaired) electrons. The van der Waals surface area contributed by atoms with Crippen molar-refractivity contribution >= 4 is 11.3 Å². The lowest BCUT2D eigenvalue weighted by molar-refractivity contribution is 0.397. The molecule has 3 aromatic heterocycles. The van der Waals surface area contributed by atoms with Gasteiger partial charge in [-0.25, -0.2) is 4.98 Å². The molecule has 3 aromatic rings. The smallest absolute Gasteiger partial charge is 0.213 e. The number of hydrogen-bond acceptors (Lipinski definition) is 4. The fourth-order valence-electron chi connectivity index (χ4n) is 2.03. The Kier molecular flexibility index (Phi) is 3.74. The summed E-state index contributed by atoms with van der Waals surface area (Å²) in [7, 11) is 1.64. The summed E-state index contributed by atoms with van der Waals surface area (Å²) in [6.07, 6.45) is 2.51. The minimum absolute atomic E-state index is 0.641. The Labute approximate surface area is 121 Å². The highest BCUT2D eigenvalue weighted by atomic mass is 32.1. The molecule has 0 aromatic carbocycles. The van der Waals surface area contributed by atoms with Gasteiger partial charge in [-0.15, -0.1) is 11.3 Å². The number of nitrogens with zero attached hydrogens (tertiary/aromatic N) is 2. The maximum absolute atomic E-state index is 5.30. The van der Waals surface area contributed by atoms with Crippen molar-refractivity contribution in [2.24, 2.45) is 0 Å². The van der Waals surface area contributed by atoms with Crippen LogP contribution in [-0.4, -0.2) is 17.1 Å². The van der Waals surface area contributed by atoms with E-state index in [0.717, 1.165) is 17.0 Å². The van der Waals surface area contributed by atoms with E-state index in [1.165, 1.54) is 4.88 Å². The van der Waals surface area contributed by atoms with Gasteiger partial charge in [-0.3, -0.25) is 4.98 Å². The Hall–Kier alpha value is -2.20. The molecule has 0 bridgehead atoms. The maximum atomic E-state index is 5.30. The average molecular weight is 282 g/mol. The monoisotopic (exact) mass is 282 g/mol. The quantitative estimate of drug-likeness (QED) is 0.730. The third-order valence-electron chi connectivity index (χ3n) is 2.96. The molecule has 0 atom stereocenters. The van der Waals surface area contributed by atoms with E-state index in [4.69, 9.17) is 4.74 Å². The highest BCUT2D eigenvalue weighted by Crippen LogP contribution is 2.28. The van der Waals surface area contributed by atoms with Gasteiger partial charge >= 0.3 is 0 Å². The SMILES string of the molecule is COc1cc(-c2cccs2)cc(Cc2ccccn2)n1. The summed E-state index contributed by atoms with van der Waals surface area (Å²) in [6.45, 7) is 0. The van der Waals surface area contributed by atoms with Gasteiger partial charge in [0.2, 0.25) is 5.88 Å². The van der Waals surface area contributed by atoms with Gasteiger partial charge in [0.1, 0.15) is 0 Å². The van der Waals surface area contributed by atoms with Crippen molar-refractivity contribution in [1.82, 2.24) is 9.97 Å². The fourth-order valence-corrected chi connectivity index (χ4v) is 2.74. The van der Waals surface area contributed by atoms with E-state index in [0.29, 0.717) is 12.3 Å². The molecule has 3 rings (SSSR count). The Morgan fingerprint density at radius 1 is 1.10 bits per heavy atom. The molecule has 3 heterocycles. The Balaban J connectivity index is 1.96. The third-order valence-corrected chi connectivity index (χ3v) is 3.88. The maximum Gasteiger partial charge on any atom is 0.213 e. The second kappa shape index (κ2) is 5.84. The number of methoxy groups -OCH3 is 1. The van der Waals surface area contributed by atoms with Crippen molar-refractivity contribution in [3.8, 4) is 16.3 Å². The number of hydrogen-bond donors (Lipinski definition) is 0. The van der Waals surface area contributed by atoms with E-state index in [1.807, 2.05) is 30.3 Å². The van der Waals surface area contributed by atoms with Crippen molar-refractivity contribution in [3.63, 3.8) is 0 Å². The Morgan fingerprint density at radius 3 is 2.75 bits per heavy atom. The molecule has 0 saturated carbocycles. The molecule has 0 aliphatic rings. The van der Waals surface area contributed by atoms with E-state index in [9.17, 15) is 0 Å². The molecule has 0 spiro atoms. The van der Waals surface area contributed by atoms with E-state index in [-0.39, 0.29) is 0 Å². The van der Waals surface area contributed by atoms with Crippen LogP contribution in [0.2, 0.25) is 0 Å². The Morgan fingerprint density at radius 2 is 2.05 bits per heavy atom. The van der Waals surface area contributed by atoms with Gasteiger partial charge in [-0.1, -0.05) is 12.1 Å². The standard InChI is InChI=1S/C16H14N2OS/c1-19-16-10-12(15-6-4-8-20-15)9-14(18-16)11-13-5-2-3-7-17-13/h2-10H,11H2,1H3. The van der Waals surface area contributed by atoms with Crippen LogP contribution in [0.5, 0.6) is 5.88 Å². The average Bonchev–Trinajstić information content (AvgIpc) is 3.02. The molecule has 3 nitrogen and oxygen atoms in total. The van der Waals surface area contributed by atoms with Gasteiger partial charge in [-0.2, -0.15) is 0 Å². The molecule has 0 saturated heterocycles. The zero-order valence-corrected chi connectivity index (χ0v) is 11.9. The third kappa shape index (κ3) is 2.86. The topological polar surface area (TPSA) is 35.0 Å². The van der Waals surface area contributed by atoms with Gasteiger partial charge in [0.15, 0.2) is 0 Å². The molecule has 0 aliphatic heterocycles. The summed E-state index contributed by atoms with van der Waals surface area (Å²) in [6, 6.07) is 14.1. The molecule has 0 fully saturated rings. The normalized spacial score (nSPS) is 10.4. The predicted molar refractivity (Wildman–Crippen MR) is 81.1 cm³/mol. The van der Waals surface area contributed by atoms with Crippen LogP contribution in [0.25, 0.3) is 10.4 Å². The first-order valence-electron chi connectivity index (χ1n) is 6.34. The lowest BCUT2D eigenvalue weighted by Crippen LogP contribution is -1.97. The first-order valence-corrected chi connectivity index (χ1v) is 7.22. The molecular formula is C16H14N2OS. The predicted octanol–water partition coefficient (Wildman–Crippen LogP) is 3.80. The zero-order valence-electron chi connectivity index (χ0n) is 11.1. The first-order chi connectivity index (χ1) is 9.85. The highest BCUT2D eigenvalue weighted by Gasteiger charge is 2.07. The van der Waals surface area contributed by atoms with Crippen molar-refractivity contribution in [2.45, 2.75) is 6.42 Å². The number of thiophene rings is 1. The van der Waals surface area contributed by atoms with Gasteiger partial charge in [-0.05, 0) is 35.2 Å². The Bertz CT molecular complexity index is 681. The van der Waals surface area contributed by atoms with Crippen LogP contribution in [0.1, 0.15) is 11.4 Å². The summed E-state index contributed by atoms with van der Waals surface area (Å²) >= 11 is 1.71. The highest BCUT2D eigenvalue weighted by molar-refractivity contribution is 7.13. The molecule has 100 valence electrons. The second-order valence-corrected chi connectivity index (χ2v) is 5.31. The van der Waals surface area contributed by atoms with Crippen LogP contribution in [0, 0.1) is 0 Å². The molecule has 0 unspecified atom stereocenters. The van der Waals surface area contributed by atoms with Crippen molar-refractivity contribution < 1.29 is 4.74 Å². The number of pyridine rings is 2. The molecular weight excluding hydrogens is 268 g/mol. The van der Waals surface area contributed by atoms with Gasteiger partial charge in [0.25, 0.3) is 0 Å². The number of aromatic nitrogens is 2. The summed E-state index contributed by atoms with van der Waals surface area (Å²) in [4.78, 5) is 10.1. The minimum atomic E-state index is 0.641. The number of rotatable bonds is 4. The van der Waals surface area contributed by atoms with Crippen LogP contribution in [0.15, 0.2) is 54.0 Å². The van der Waals surface area contributed by atoms with Crippen LogP contribution < -0.4 is 4.74 Å². The van der Waals surface area contributed by atoms with Crippen molar-refractivity contribution in [2.75, 3.05) is 7.11 Å². The van der Waals surface area contributed by atoms with Gasteiger partial charge in [0, 0.05) is 29.3 Å². The summed E-state index contributed by atoms with van der Waals surface area (Å²) < 4.78 is 5.30. The van der Waals surface area contributed by atoms with Gasteiger partial charge in [0.05, 0.1) is 12.8 Å². The van der Waals surface area contributed by atoms with Crippen molar-refractivity contribution in [3.05, 3.63) is 65.4 Å². The first kappa shape index (κ1) is 12.8. The summed E-state index contributed by atoms with van der Waals surface area (Å²) in [5.41, 5.74) is 3.11. The van der Waals surface area contributed by atoms with Gasteiger partial charge < -0.3 is 4.74 Å². The molecule has 0 amide bonds. The lowest BCUT2D eigenvalue weighted by Gasteiger charge is -2.07. The molecule has 0 N–H and O–H groups in total. The van der Waals surface area contributed by atoms with E-state index < -0.39 is 0 Å². The largest absolute Gasteiger partial charge is 0.481 e. The van der Waals surface area contributed by atoms with E-state index in [2.05, 4.69) is 27.5 Å². The van der Waals surface area contributed by atoms with Crippen LogP contribution in [0.3, 0.4) is 0 Å². The number of ether oxygens (including phenoxy) is 1. The lowest BCUT2D eigenvalue weighted by atomic mass is 10.1. The van der Waals surface area contributed by atoms with Crippen LogP contribution >= 0.6 is 11.3 Å². The van der Waals surface area contributed by atoms with Crippen molar-refractivity contribution in [1.29, 1.82) is 0 Å². The molecule has 4 heteroatoms. The minimum Gasteiger partial charge on any atom is -0.481 e. The van der Waals surface area contributed by atoms with E-state index in [1.54, 1.807) is 24.6 Å². The van der Waals surface area contributed by atoms with Crippen LogP contribution in [0.4, 0.5) is 0 Å². The summed E-state index contributed by atoms with van der Waals surface area (Å²) in [5.74, 6) is 0.641. The fraction of sp³-hybridized carbons (Fsp3) is 0.125.